The number of hydrogen-bond donors (Lipinski definition) is 0. The van der Waals surface area contributed by atoms with E-state index in [-0.39, 0.29) is 10.8 Å². The van der Waals surface area contributed by atoms with Crippen LogP contribution in [0, 0.1) is 0 Å². The highest BCUT2D eigenvalue weighted by molar-refractivity contribution is 6.97. The third-order valence-electron chi connectivity index (χ3n) is 7.47. The smallest absolute Gasteiger partial charge is 0.362 e. The van der Waals surface area contributed by atoms with Gasteiger partial charge in [0.1, 0.15) is 0 Å². The molecule has 1 spiro atoms. The van der Waals surface area contributed by atoms with Crippen LogP contribution in [0.5, 0.6) is 0 Å². The maximum absolute atomic E-state index is 14.7. The third kappa shape index (κ3) is 3.24. The van der Waals surface area contributed by atoms with Gasteiger partial charge in [-0.05, 0) is 21.5 Å². The molecule has 0 bridgehead atoms. The molecule has 2 aliphatic rings. The van der Waals surface area contributed by atoms with Crippen LogP contribution in [0.4, 0.5) is 52.7 Å². The molecule has 0 unspecified atom stereocenters. The fraction of sp³-hybridized carbons (Fsp3) is 0.231. The first-order valence-corrected chi connectivity index (χ1v) is 13.4. The molecular formula is C26H12F12O2Si. The number of alkyl halides is 12. The molecule has 0 radical (unpaired) electrons. The van der Waals surface area contributed by atoms with Gasteiger partial charge in [0, 0.05) is 21.5 Å². The molecule has 2 aliphatic heterocycles. The van der Waals surface area contributed by atoms with Gasteiger partial charge in [-0.25, -0.2) is 0 Å². The molecule has 0 saturated heterocycles. The normalized spacial score (nSPS) is 19.6. The molecule has 0 aliphatic carbocycles. The number of halogens is 12. The van der Waals surface area contributed by atoms with Gasteiger partial charge in [0.15, 0.2) is 0 Å². The van der Waals surface area contributed by atoms with Crippen LogP contribution in [-0.2, 0) is 20.1 Å². The first-order valence-electron chi connectivity index (χ1n) is 11.6. The Morgan fingerprint density at radius 3 is 1.07 bits per heavy atom. The van der Waals surface area contributed by atoms with Gasteiger partial charge in [-0.3, -0.25) is 0 Å². The standard InChI is InChI=1S/C26H12F12O2Si/c27-23(28,29)21(24(30,31)32)17-11-9-13-5-1-3-7-15(13)19(17)41(39-21)20-16-8-4-2-6-14(16)10-12-18(20)22(40-41,25(33,34)35)26(36,37)38/h1-12H. The Kier molecular flexibility index (Phi) is 5.40. The van der Waals surface area contributed by atoms with E-state index >= 15 is 0 Å². The fourth-order valence-corrected chi connectivity index (χ4v) is 10.5. The van der Waals surface area contributed by atoms with Crippen molar-refractivity contribution in [3.8, 4) is 0 Å². The van der Waals surface area contributed by atoms with Crippen molar-refractivity contribution in [2.45, 2.75) is 35.9 Å². The molecule has 0 atom stereocenters. The van der Waals surface area contributed by atoms with Crippen molar-refractivity contribution in [1.82, 2.24) is 0 Å². The molecule has 4 aromatic carbocycles. The van der Waals surface area contributed by atoms with Crippen LogP contribution in [-0.4, -0.2) is 33.3 Å². The summed E-state index contributed by atoms with van der Waals surface area (Å²) in [7, 11) is -6.23. The van der Waals surface area contributed by atoms with Gasteiger partial charge in [-0.1, -0.05) is 72.8 Å². The average Bonchev–Trinajstić information content (AvgIpc) is 3.36. The molecule has 0 N–H and O–H groups in total. The summed E-state index contributed by atoms with van der Waals surface area (Å²) >= 11 is 0. The van der Waals surface area contributed by atoms with Crippen molar-refractivity contribution < 1.29 is 61.5 Å². The predicted octanol–water partition coefficient (Wildman–Crippen LogP) is 7.25. The third-order valence-corrected chi connectivity index (χ3v) is 11.0. The van der Waals surface area contributed by atoms with E-state index in [0.29, 0.717) is 12.1 Å². The largest absolute Gasteiger partial charge is 0.429 e. The summed E-state index contributed by atoms with van der Waals surface area (Å²) in [5, 5.41) is -3.29. The molecule has 0 aromatic heterocycles. The Balaban J connectivity index is 1.90. The van der Waals surface area contributed by atoms with Crippen LogP contribution in [0.25, 0.3) is 21.5 Å². The lowest BCUT2D eigenvalue weighted by atomic mass is 9.90. The summed E-state index contributed by atoms with van der Waals surface area (Å²) in [6.07, 6.45) is -25.5. The lowest BCUT2D eigenvalue weighted by molar-refractivity contribution is -0.381. The average molecular weight is 612 g/mol. The van der Waals surface area contributed by atoms with E-state index in [4.69, 9.17) is 8.85 Å². The Morgan fingerprint density at radius 1 is 0.439 bits per heavy atom. The molecule has 0 fully saturated rings. The Morgan fingerprint density at radius 2 is 0.756 bits per heavy atom. The lowest BCUT2D eigenvalue weighted by Crippen LogP contribution is -2.64. The van der Waals surface area contributed by atoms with Crippen LogP contribution in [0.15, 0.2) is 72.8 Å². The molecule has 2 nitrogen and oxygen atoms in total. The maximum Gasteiger partial charge on any atom is 0.429 e. The molecule has 6 rings (SSSR count). The lowest BCUT2D eigenvalue weighted by Gasteiger charge is -2.38. The highest BCUT2D eigenvalue weighted by Crippen LogP contribution is 2.63. The van der Waals surface area contributed by atoms with Crippen molar-refractivity contribution >= 4 is 40.5 Å². The topological polar surface area (TPSA) is 18.5 Å². The van der Waals surface area contributed by atoms with Crippen LogP contribution in [0.2, 0.25) is 0 Å². The number of rotatable bonds is 0. The monoisotopic (exact) mass is 612 g/mol. The van der Waals surface area contributed by atoms with E-state index in [1.54, 1.807) is 0 Å². The summed E-state index contributed by atoms with van der Waals surface area (Å²) in [5.41, 5.74) is -14.0. The molecular weight excluding hydrogens is 600 g/mol. The molecule has 4 aromatic rings. The van der Waals surface area contributed by atoms with Crippen LogP contribution >= 0.6 is 0 Å². The Labute approximate surface area is 222 Å². The molecule has 41 heavy (non-hydrogen) atoms. The second-order valence-electron chi connectivity index (χ2n) is 9.59. The second-order valence-corrected chi connectivity index (χ2v) is 12.2. The number of hydrogen-bond acceptors (Lipinski definition) is 2. The van der Waals surface area contributed by atoms with E-state index in [1.165, 1.54) is 36.4 Å². The number of fused-ring (bicyclic) bond motifs is 8. The minimum atomic E-state index is -6.38. The van der Waals surface area contributed by atoms with E-state index in [1.807, 2.05) is 0 Å². The highest BCUT2D eigenvalue weighted by Gasteiger charge is 2.87. The van der Waals surface area contributed by atoms with Gasteiger partial charge in [0.25, 0.3) is 11.2 Å². The molecule has 0 saturated carbocycles. The van der Waals surface area contributed by atoms with Crippen molar-refractivity contribution in [2.24, 2.45) is 0 Å². The summed E-state index contributed by atoms with van der Waals surface area (Å²) in [5.74, 6) is 0. The fourth-order valence-electron chi connectivity index (χ4n) is 5.89. The van der Waals surface area contributed by atoms with Crippen LogP contribution in [0.1, 0.15) is 11.1 Å². The summed E-state index contributed by atoms with van der Waals surface area (Å²) in [6.45, 7) is 0. The van der Waals surface area contributed by atoms with Crippen molar-refractivity contribution in [3.05, 3.63) is 83.9 Å². The quantitative estimate of drug-likeness (QED) is 0.154. The second kappa shape index (κ2) is 7.95. The molecule has 216 valence electrons. The van der Waals surface area contributed by atoms with Crippen LogP contribution < -0.4 is 10.4 Å². The van der Waals surface area contributed by atoms with Crippen LogP contribution in [0.3, 0.4) is 0 Å². The SMILES string of the molecule is FC(F)(F)C1(C(F)(F)F)O[Si]2(OC(C(F)(F)F)(C(F)(F)F)c3ccc4ccccc4c32)c2c1ccc1ccccc21. The summed E-state index contributed by atoms with van der Waals surface area (Å²) in [6, 6.07) is 12.0. The molecule has 2 heterocycles. The summed E-state index contributed by atoms with van der Waals surface area (Å²) < 4.78 is 186. The maximum atomic E-state index is 14.7. The van der Waals surface area contributed by atoms with Gasteiger partial charge >= 0.3 is 33.3 Å². The van der Waals surface area contributed by atoms with E-state index in [9.17, 15) is 52.7 Å². The summed E-state index contributed by atoms with van der Waals surface area (Å²) in [4.78, 5) is 0. The predicted molar refractivity (Wildman–Crippen MR) is 123 cm³/mol. The minimum Gasteiger partial charge on any atom is -0.362 e. The van der Waals surface area contributed by atoms with Gasteiger partial charge < -0.3 is 8.85 Å². The first kappa shape index (κ1) is 27.8. The van der Waals surface area contributed by atoms with Crippen molar-refractivity contribution in [3.63, 3.8) is 0 Å². The number of benzene rings is 4. The minimum absolute atomic E-state index is 0.0521. The zero-order valence-electron chi connectivity index (χ0n) is 19.8. The highest BCUT2D eigenvalue weighted by atomic mass is 28.4. The van der Waals surface area contributed by atoms with Gasteiger partial charge in [-0.2, -0.15) is 52.7 Å². The molecule has 0 amide bonds. The Hall–Kier alpha value is -3.30. The first-order chi connectivity index (χ1) is 18.8. The van der Waals surface area contributed by atoms with E-state index in [2.05, 4.69) is 0 Å². The van der Waals surface area contributed by atoms with E-state index < -0.39 is 76.7 Å². The van der Waals surface area contributed by atoms with E-state index in [0.717, 1.165) is 24.3 Å². The van der Waals surface area contributed by atoms with Gasteiger partial charge in [-0.15, -0.1) is 0 Å². The Bertz CT molecular complexity index is 1560. The molecule has 15 heteroatoms. The zero-order chi connectivity index (χ0) is 30.0. The van der Waals surface area contributed by atoms with Gasteiger partial charge in [0.05, 0.1) is 0 Å². The zero-order valence-corrected chi connectivity index (χ0v) is 20.8. The van der Waals surface area contributed by atoms with Crippen molar-refractivity contribution in [1.29, 1.82) is 0 Å². The van der Waals surface area contributed by atoms with Gasteiger partial charge in [0.2, 0.25) is 0 Å². The van der Waals surface area contributed by atoms with Crippen molar-refractivity contribution in [2.75, 3.05) is 0 Å².